The highest BCUT2D eigenvalue weighted by molar-refractivity contribution is 5.94. The fourth-order valence-electron chi connectivity index (χ4n) is 4.34. The van der Waals surface area contributed by atoms with Crippen molar-refractivity contribution in [1.29, 1.82) is 0 Å². The first-order valence-corrected chi connectivity index (χ1v) is 11.2. The Morgan fingerprint density at radius 1 is 0.853 bits per heavy atom. The summed E-state index contributed by atoms with van der Waals surface area (Å²) in [5, 5.41) is 4.53. The number of hydrogen-bond donors (Lipinski definition) is 0. The monoisotopic (exact) mass is 458 g/mol. The number of benzene rings is 3. The minimum absolute atomic E-state index is 0.191. The van der Waals surface area contributed by atoms with E-state index in [2.05, 4.69) is 29.1 Å². The molecule has 4 aromatic rings. The number of nitrogens with zero attached hydrogens (tertiary/aromatic N) is 4. The largest absolute Gasteiger partial charge is 0.368 e. The Morgan fingerprint density at radius 3 is 2.24 bits per heavy atom. The van der Waals surface area contributed by atoms with Crippen LogP contribution in [-0.2, 0) is 0 Å². The van der Waals surface area contributed by atoms with Crippen LogP contribution in [0.15, 0.2) is 78.9 Å². The van der Waals surface area contributed by atoms with Gasteiger partial charge in [-0.15, -0.1) is 0 Å². The van der Waals surface area contributed by atoms with Gasteiger partial charge in [0, 0.05) is 37.4 Å². The summed E-state index contributed by atoms with van der Waals surface area (Å²) in [6, 6.07) is 21.9. The van der Waals surface area contributed by atoms with Gasteiger partial charge in [-0.05, 0) is 61.0 Å². The van der Waals surface area contributed by atoms with E-state index in [1.54, 1.807) is 41.3 Å². The standard InChI is InChI=1S/C27H24F2N4O/c1-19-6-2-5-9-25(19)31-14-16-32(17-15-31)27(34)26-18-24(22-7-3-4-8-23(22)29)30-33(26)21-12-10-20(28)11-13-21/h2-13,18H,14-17H2,1H3. The average molecular weight is 459 g/mol. The second-order valence-corrected chi connectivity index (χ2v) is 8.35. The maximum Gasteiger partial charge on any atom is 0.272 e. The lowest BCUT2D eigenvalue weighted by Crippen LogP contribution is -2.49. The minimum atomic E-state index is -0.419. The highest BCUT2D eigenvalue weighted by atomic mass is 19.1. The van der Waals surface area contributed by atoms with Gasteiger partial charge in [0.05, 0.1) is 11.4 Å². The number of aryl methyl sites for hydroxylation is 1. The van der Waals surface area contributed by atoms with E-state index in [9.17, 15) is 13.6 Å². The van der Waals surface area contributed by atoms with E-state index in [0.29, 0.717) is 48.8 Å². The molecular weight excluding hydrogens is 434 g/mol. The van der Waals surface area contributed by atoms with Gasteiger partial charge < -0.3 is 9.80 Å². The summed E-state index contributed by atoms with van der Waals surface area (Å²) in [6.45, 7) is 4.61. The van der Waals surface area contributed by atoms with Crippen molar-refractivity contribution in [3.8, 4) is 16.9 Å². The minimum Gasteiger partial charge on any atom is -0.368 e. The van der Waals surface area contributed by atoms with Gasteiger partial charge in [0.2, 0.25) is 0 Å². The van der Waals surface area contributed by atoms with Crippen LogP contribution < -0.4 is 4.90 Å². The number of aromatic nitrogens is 2. The van der Waals surface area contributed by atoms with Crippen molar-refractivity contribution >= 4 is 11.6 Å². The second kappa shape index (κ2) is 9.09. The third-order valence-corrected chi connectivity index (χ3v) is 6.17. The number of carbonyl (C=O) groups is 1. The van der Waals surface area contributed by atoms with Gasteiger partial charge in [0.15, 0.2) is 0 Å². The third-order valence-electron chi connectivity index (χ3n) is 6.17. The SMILES string of the molecule is Cc1ccccc1N1CCN(C(=O)c2cc(-c3ccccc3F)nn2-c2ccc(F)cc2)CC1. The van der Waals surface area contributed by atoms with Crippen LogP contribution >= 0.6 is 0 Å². The topological polar surface area (TPSA) is 41.4 Å². The molecule has 0 radical (unpaired) electrons. The Labute approximate surface area is 196 Å². The molecule has 1 saturated heterocycles. The van der Waals surface area contributed by atoms with Crippen molar-refractivity contribution in [2.75, 3.05) is 31.1 Å². The first-order valence-electron chi connectivity index (χ1n) is 11.2. The number of hydrogen-bond acceptors (Lipinski definition) is 3. The van der Waals surface area contributed by atoms with E-state index in [4.69, 9.17) is 0 Å². The van der Waals surface area contributed by atoms with E-state index in [1.165, 1.54) is 34.1 Å². The van der Waals surface area contributed by atoms with Gasteiger partial charge in [0.1, 0.15) is 17.3 Å². The molecule has 0 bridgehead atoms. The molecule has 1 fully saturated rings. The fourth-order valence-corrected chi connectivity index (χ4v) is 4.34. The molecule has 2 heterocycles. The molecule has 3 aromatic carbocycles. The summed E-state index contributed by atoms with van der Waals surface area (Å²) in [6.07, 6.45) is 0. The van der Waals surface area contributed by atoms with Crippen molar-refractivity contribution in [3.05, 3.63) is 102 Å². The highest BCUT2D eigenvalue weighted by Gasteiger charge is 2.27. The molecule has 1 aliphatic rings. The summed E-state index contributed by atoms with van der Waals surface area (Å²) in [4.78, 5) is 17.6. The molecule has 7 heteroatoms. The van der Waals surface area contributed by atoms with Gasteiger partial charge in [-0.25, -0.2) is 13.5 Å². The maximum atomic E-state index is 14.5. The van der Waals surface area contributed by atoms with Crippen molar-refractivity contribution in [2.45, 2.75) is 6.92 Å². The summed E-state index contributed by atoms with van der Waals surface area (Å²) >= 11 is 0. The zero-order valence-corrected chi connectivity index (χ0v) is 18.8. The summed E-state index contributed by atoms with van der Waals surface area (Å²) < 4.78 is 29.5. The molecule has 0 unspecified atom stereocenters. The number of piperazine rings is 1. The van der Waals surface area contributed by atoms with E-state index in [-0.39, 0.29) is 11.7 Å². The molecule has 0 saturated carbocycles. The van der Waals surface area contributed by atoms with Crippen molar-refractivity contribution in [2.24, 2.45) is 0 Å². The number of carbonyl (C=O) groups excluding carboxylic acids is 1. The summed E-state index contributed by atoms with van der Waals surface area (Å²) in [7, 11) is 0. The zero-order chi connectivity index (χ0) is 23.7. The van der Waals surface area contributed by atoms with E-state index < -0.39 is 5.82 Å². The van der Waals surface area contributed by atoms with Crippen LogP contribution in [-0.4, -0.2) is 46.8 Å². The Bertz CT molecular complexity index is 1320. The first kappa shape index (κ1) is 21.8. The van der Waals surface area contributed by atoms with Gasteiger partial charge >= 0.3 is 0 Å². The van der Waals surface area contributed by atoms with Gasteiger partial charge in [-0.2, -0.15) is 5.10 Å². The molecule has 0 N–H and O–H groups in total. The number of halogens is 2. The van der Waals surface area contributed by atoms with Crippen LogP contribution in [0.5, 0.6) is 0 Å². The molecular formula is C27H24F2N4O. The van der Waals surface area contributed by atoms with Crippen molar-refractivity contribution in [3.63, 3.8) is 0 Å². The number of rotatable bonds is 4. The lowest BCUT2D eigenvalue weighted by molar-refractivity contribution is 0.0737. The Morgan fingerprint density at radius 2 is 1.53 bits per heavy atom. The van der Waals surface area contributed by atoms with Crippen molar-refractivity contribution < 1.29 is 13.6 Å². The molecule has 0 aliphatic carbocycles. The number of para-hydroxylation sites is 1. The lowest BCUT2D eigenvalue weighted by atomic mass is 10.1. The molecule has 1 aromatic heterocycles. The molecule has 0 atom stereocenters. The van der Waals surface area contributed by atoms with Gasteiger partial charge in [-0.1, -0.05) is 30.3 Å². The molecule has 1 amide bonds. The van der Waals surface area contributed by atoms with Crippen LogP contribution in [0, 0.1) is 18.6 Å². The highest BCUT2D eigenvalue weighted by Crippen LogP contribution is 2.26. The predicted molar refractivity (Wildman–Crippen MR) is 128 cm³/mol. The maximum absolute atomic E-state index is 14.5. The van der Waals surface area contributed by atoms with Gasteiger partial charge in [0.25, 0.3) is 5.91 Å². The predicted octanol–water partition coefficient (Wildman–Crippen LogP) is 5.09. The summed E-state index contributed by atoms with van der Waals surface area (Å²) in [5.74, 6) is -0.994. The molecule has 5 nitrogen and oxygen atoms in total. The van der Waals surface area contributed by atoms with E-state index in [0.717, 1.165) is 0 Å². The summed E-state index contributed by atoms with van der Waals surface area (Å²) in [5.41, 5.74) is 3.88. The van der Waals surface area contributed by atoms with Crippen LogP contribution in [0.4, 0.5) is 14.5 Å². The van der Waals surface area contributed by atoms with Crippen LogP contribution in [0.3, 0.4) is 0 Å². The fraction of sp³-hybridized carbons (Fsp3) is 0.185. The molecule has 172 valence electrons. The van der Waals surface area contributed by atoms with E-state index in [1.807, 2.05) is 12.1 Å². The quantitative estimate of drug-likeness (QED) is 0.428. The van der Waals surface area contributed by atoms with Crippen LogP contribution in [0.1, 0.15) is 16.1 Å². The smallest absolute Gasteiger partial charge is 0.272 e. The Kier molecular flexibility index (Phi) is 5.84. The lowest BCUT2D eigenvalue weighted by Gasteiger charge is -2.36. The number of anilines is 1. The third kappa shape index (κ3) is 4.17. The molecule has 5 rings (SSSR count). The Hall–Kier alpha value is -4.00. The molecule has 0 spiro atoms. The van der Waals surface area contributed by atoms with E-state index >= 15 is 0 Å². The van der Waals surface area contributed by atoms with Gasteiger partial charge in [-0.3, -0.25) is 4.79 Å². The second-order valence-electron chi connectivity index (χ2n) is 8.35. The zero-order valence-electron chi connectivity index (χ0n) is 18.8. The molecule has 34 heavy (non-hydrogen) atoms. The average Bonchev–Trinajstić information content (AvgIpc) is 3.30. The first-order chi connectivity index (χ1) is 16.5. The van der Waals surface area contributed by atoms with Crippen molar-refractivity contribution in [1.82, 2.24) is 14.7 Å². The Balaban J connectivity index is 1.45. The number of amides is 1. The van der Waals surface area contributed by atoms with Crippen LogP contribution in [0.2, 0.25) is 0 Å². The normalized spacial score (nSPS) is 13.9. The molecule has 1 aliphatic heterocycles. The van der Waals surface area contributed by atoms with Crippen LogP contribution in [0.25, 0.3) is 16.9 Å².